The van der Waals surface area contributed by atoms with E-state index in [1.807, 2.05) is 13.0 Å². The molecule has 1 atom stereocenters. The van der Waals surface area contributed by atoms with Gasteiger partial charge in [0.05, 0.1) is 5.56 Å². The molecule has 1 unspecified atom stereocenters. The first-order chi connectivity index (χ1) is 7.31. The zero-order chi connectivity index (χ0) is 10.7. The van der Waals surface area contributed by atoms with Crippen LogP contribution in [-0.4, -0.2) is 20.2 Å². The van der Waals surface area contributed by atoms with Gasteiger partial charge in [-0.05, 0) is 18.6 Å². The van der Waals surface area contributed by atoms with Crippen molar-refractivity contribution in [1.29, 1.82) is 0 Å². The molecule has 2 heterocycles. The second-order valence-electron chi connectivity index (χ2n) is 3.12. The number of pyridine rings is 1. The Hall–Kier alpha value is -1.75. The van der Waals surface area contributed by atoms with Gasteiger partial charge in [-0.15, -0.1) is 0 Å². The molecule has 0 aromatic carbocycles. The SMILES string of the molecule is CCC(O)c1noc(-c2cccnc2)n1. The van der Waals surface area contributed by atoms with E-state index < -0.39 is 6.10 Å². The fourth-order valence-electron chi connectivity index (χ4n) is 1.16. The summed E-state index contributed by atoms with van der Waals surface area (Å²) in [7, 11) is 0. The molecule has 0 saturated heterocycles. The van der Waals surface area contributed by atoms with Crippen LogP contribution in [0.15, 0.2) is 29.0 Å². The standard InChI is InChI=1S/C10H11N3O2/c1-2-8(14)9-12-10(15-13-9)7-4-3-5-11-6-7/h3-6,8,14H,2H2,1H3. The van der Waals surface area contributed by atoms with Crippen molar-refractivity contribution in [3.8, 4) is 11.5 Å². The lowest BCUT2D eigenvalue weighted by molar-refractivity contribution is 0.159. The molecule has 0 aliphatic rings. The Balaban J connectivity index is 2.28. The maximum atomic E-state index is 9.49. The molecule has 0 amide bonds. The van der Waals surface area contributed by atoms with Crippen molar-refractivity contribution in [3.05, 3.63) is 30.4 Å². The summed E-state index contributed by atoms with van der Waals surface area (Å²) in [5.74, 6) is 0.696. The third-order valence-corrected chi connectivity index (χ3v) is 2.03. The largest absolute Gasteiger partial charge is 0.385 e. The highest BCUT2D eigenvalue weighted by atomic mass is 16.5. The molecule has 2 rings (SSSR count). The molecule has 0 fully saturated rings. The van der Waals surface area contributed by atoms with Crippen molar-refractivity contribution in [2.75, 3.05) is 0 Å². The van der Waals surface area contributed by atoms with Gasteiger partial charge in [-0.2, -0.15) is 4.98 Å². The van der Waals surface area contributed by atoms with Crippen LogP contribution in [-0.2, 0) is 0 Å². The van der Waals surface area contributed by atoms with Crippen LogP contribution >= 0.6 is 0 Å². The summed E-state index contributed by atoms with van der Waals surface area (Å²) in [6.07, 6.45) is 3.20. The molecule has 2 aromatic rings. The fraction of sp³-hybridized carbons (Fsp3) is 0.300. The second kappa shape index (κ2) is 4.18. The van der Waals surface area contributed by atoms with Crippen molar-refractivity contribution >= 4 is 0 Å². The van der Waals surface area contributed by atoms with E-state index >= 15 is 0 Å². The fourth-order valence-corrected chi connectivity index (χ4v) is 1.16. The molecular weight excluding hydrogens is 194 g/mol. The van der Waals surface area contributed by atoms with Crippen LogP contribution in [0.4, 0.5) is 0 Å². The number of aliphatic hydroxyl groups excluding tert-OH is 1. The maximum Gasteiger partial charge on any atom is 0.259 e. The third kappa shape index (κ3) is 2.02. The molecule has 78 valence electrons. The maximum absolute atomic E-state index is 9.49. The van der Waals surface area contributed by atoms with Crippen molar-refractivity contribution in [2.24, 2.45) is 0 Å². The summed E-state index contributed by atoms with van der Waals surface area (Å²) in [4.78, 5) is 8.03. The normalized spacial score (nSPS) is 12.7. The van der Waals surface area contributed by atoms with Crippen LogP contribution in [0.3, 0.4) is 0 Å². The molecule has 0 aliphatic carbocycles. The zero-order valence-electron chi connectivity index (χ0n) is 8.29. The van der Waals surface area contributed by atoms with Crippen molar-refractivity contribution in [3.63, 3.8) is 0 Å². The Kier molecular flexibility index (Phi) is 2.73. The molecule has 2 aromatic heterocycles. The molecule has 0 spiro atoms. The molecule has 15 heavy (non-hydrogen) atoms. The highest BCUT2D eigenvalue weighted by Crippen LogP contribution is 2.19. The Morgan fingerprint density at radius 1 is 1.53 bits per heavy atom. The quantitative estimate of drug-likeness (QED) is 0.823. The van der Waals surface area contributed by atoms with Crippen LogP contribution in [0.2, 0.25) is 0 Å². The number of rotatable bonds is 3. The Bertz CT molecular complexity index is 427. The van der Waals surface area contributed by atoms with Gasteiger partial charge in [0.1, 0.15) is 6.10 Å². The van der Waals surface area contributed by atoms with Gasteiger partial charge in [0.25, 0.3) is 5.89 Å². The molecule has 0 bridgehead atoms. The Labute approximate surface area is 86.8 Å². The smallest absolute Gasteiger partial charge is 0.259 e. The minimum Gasteiger partial charge on any atom is -0.385 e. The lowest BCUT2D eigenvalue weighted by Gasteiger charge is -1.98. The molecule has 0 radical (unpaired) electrons. The van der Waals surface area contributed by atoms with Gasteiger partial charge >= 0.3 is 0 Å². The van der Waals surface area contributed by atoms with E-state index in [1.54, 1.807) is 18.5 Å². The van der Waals surface area contributed by atoms with Crippen LogP contribution in [0.25, 0.3) is 11.5 Å². The van der Waals surface area contributed by atoms with Crippen LogP contribution in [0.1, 0.15) is 25.3 Å². The molecule has 0 aliphatic heterocycles. The average molecular weight is 205 g/mol. The van der Waals surface area contributed by atoms with Gasteiger partial charge in [0.15, 0.2) is 0 Å². The average Bonchev–Trinajstić information content (AvgIpc) is 2.78. The minimum absolute atomic E-state index is 0.316. The number of hydrogen-bond acceptors (Lipinski definition) is 5. The summed E-state index contributed by atoms with van der Waals surface area (Å²) in [5.41, 5.74) is 0.750. The first kappa shape index (κ1) is 9.79. The van der Waals surface area contributed by atoms with Gasteiger partial charge in [0.2, 0.25) is 5.82 Å². The van der Waals surface area contributed by atoms with E-state index in [0.29, 0.717) is 18.1 Å². The summed E-state index contributed by atoms with van der Waals surface area (Å²) in [5, 5.41) is 13.2. The van der Waals surface area contributed by atoms with Gasteiger partial charge in [-0.1, -0.05) is 12.1 Å². The number of nitrogens with zero attached hydrogens (tertiary/aromatic N) is 3. The first-order valence-electron chi connectivity index (χ1n) is 4.73. The van der Waals surface area contributed by atoms with Crippen LogP contribution < -0.4 is 0 Å². The second-order valence-corrected chi connectivity index (χ2v) is 3.12. The van der Waals surface area contributed by atoms with Crippen molar-refractivity contribution in [1.82, 2.24) is 15.1 Å². The minimum atomic E-state index is -0.667. The molecule has 0 saturated carbocycles. The van der Waals surface area contributed by atoms with E-state index in [-0.39, 0.29) is 0 Å². The zero-order valence-corrected chi connectivity index (χ0v) is 8.29. The highest BCUT2D eigenvalue weighted by Gasteiger charge is 2.14. The predicted molar refractivity (Wildman–Crippen MR) is 52.8 cm³/mol. The molecule has 5 heteroatoms. The Morgan fingerprint density at radius 3 is 3.07 bits per heavy atom. The van der Waals surface area contributed by atoms with E-state index in [0.717, 1.165) is 5.56 Å². The van der Waals surface area contributed by atoms with Crippen LogP contribution in [0, 0.1) is 0 Å². The lowest BCUT2D eigenvalue weighted by atomic mass is 10.2. The summed E-state index contributed by atoms with van der Waals surface area (Å²) >= 11 is 0. The Morgan fingerprint density at radius 2 is 2.40 bits per heavy atom. The van der Waals surface area contributed by atoms with Gasteiger partial charge < -0.3 is 9.63 Å². The van der Waals surface area contributed by atoms with Gasteiger partial charge in [-0.25, -0.2) is 0 Å². The van der Waals surface area contributed by atoms with E-state index in [1.165, 1.54) is 0 Å². The molecular formula is C10H11N3O2. The first-order valence-corrected chi connectivity index (χ1v) is 4.73. The van der Waals surface area contributed by atoms with Gasteiger partial charge in [0, 0.05) is 12.4 Å². The predicted octanol–water partition coefficient (Wildman–Crippen LogP) is 1.57. The summed E-state index contributed by atoms with van der Waals surface area (Å²) < 4.78 is 5.01. The van der Waals surface area contributed by atoms with E-state index in [2.05, 4.69) is 15.1 Å². The highest BCUT2D eigenvalue weighted by molar-refractivity contribution is 5.50. The van der Waals surface area contributed by atoms with E-state index in [4.69, 9.17) is 4.52 Å². The summed E-state index contributed by atoms with van der Waals surface area (Å²) in [6, 6.07) is 3.61. The monoisotopic (exact) mass is 205 g/mol. The number of aliphatic hydroxyl groups is 1. The molecule has 5 nitrogen and oxygen atoms in total. The number of hydrogen-bond donors (Lipinski definition) is 1. The topological polar surface area (TPSA) is 72.0 Å². The summed E-state index contributed by atoms with van der Waals surface area (Å²) in [6.45, 7) is 1.85. The van der Waals surface area contributed by atoms with E-state index in [9.17, 15) is 5.11 Å². The third-order valence-electron chi connectivity index (χ3n) is 2.03. The van der Waals surface area contributed by atoms with Gasteiger partial charge in [-0.3, -0.25) is 4.98 Å². The number of aromatic nitrogens is 3. The van der Waals surface area contributed by atoms with Crippen molar-refractivity contribution < 1.29 is 9.63 Å². The van der Waals surface area contributed by atoms with Crippen molar-refractivity contribution in [2.45, 2.75) is 19.4 Å². The van der Waals surface area contributed by atoms with Crippen LogP contribution in [0.5, 0.6) is 0 Å². The lowest BCUT2D eigenvalue weighted by Crippen LogP contribution is -1.97. The molecule has 1 N–H and O–H groups in total.